The van der Waals surface area contributed by atoms with Crippen LogP contribution in [0, 0.1) is 20.8 Å². The number of hydrogen-bond donors (Lipinski definition) is 2. The number of hydrogen-bond acceptors (Lipinski definition) is 3. The van der Waals surface area contributed by atoms with Gasteiger partial charge in [0.05, 0.1) is 0 Å². The molecule has 0 bridgehead atoms. The van der Waals surface area contributed by atoms with Gasteiger partial charge in [-0.05, 0) is 73.9 Å². The minimum atomic E-state index is -0.378. The van der Waals surface area contributed by atoms with Gasteiger partial charge in [-0.2, -0.15) is 0 Å². The topological polar surface area (TPSA) is 71.1 Å². The molecule has 0 spiro atoms. The molecule has 0 radical (unpaired) electrons. The van der Waals surface area contributed by atoms with Crippen LogP contribution in [0.4, 0.5) is 11.4 Å². The molecule has 0 aliphatic heterocycles. The van der Waals surface area contributed by atoms with Gasteiger partial charge < -0.3 is 10.6 Å². The van der Waals surface area contributed by atoms with Crippen LogP contribution in [0.1, 0.15) is 37.5 Å². The largest absolute Gasteiger partial charge is 0.322 e. The molecule has 142 valence electrons. The van der Waals surface area contributed by atoms with E-state index in [4.69, 9.17) is 11.6 Å². The molecule has 0 unspecified atom stereocenters. The number of nitrogens with zero attached hydrogens (tertiary/aromatic N) is 1. The molecule has 0 aliphatic carbocycles. The lowest BCUT2D eigenvalue weighted by Crippen LogP contribution is -2.17. The molecule has 6 heteroatoms. The number of carbonyl (C=O) groups excluding carboxylic acids is 2. The molecule has 0 saturated carbocycles. The van der Waals surface area contributed by atoms with Gasteiger partial charge in [0.15, 0.2) is 0 Å². The van der Waals surface area contributed by atoms with Crippen molar-refractivity contribution in [2.24, 2.45) is 0 Å². The van der Waals surface area contributed by atoms with E-state index in [1.165, 1.54) is 12.3 Å². The fourth-order valence-electron chi connectivity index (χ4n) is 2.65. The second-order valence-electron chi connectivity index (χ2n) is 6.55. The first-order chi connectivity index (χ1) is 13.3. The number of pyridine rings is 1. The van der Waals surface area contributed by atoms with Crippen molar-refractivity contribution in [3.05, 3.63) is 87.7 Å². The van der Waals surface area contributed by atoms with E-state index in [0.717, 1.165) is 16.7 Å². The van der Waals surface area contributed by atoms with Crippen molar-refractivity contribution in [3.63, 3.8) is 0 Å². The molecule has 1 aromatic heterocycles. The molecule has 1 heterocycles. The van der Waals surface area contributed by atoms with Crippen LogP contribution in [0.2, 0.25) is 5.02 Å². The van der Waals surface area contributed by atoms with Gasteiger partial charge in [-0.15, -0.1) is 0 Å². The fourth-order valence-corrected chi connectivity index (χ4v) is 2.82. The molecule has 3 rings (SSSR count). The predicted octanol–water partition coefficient (Wildman–Crippen LogP) is 5.16. The van der Waals surface area contributed by atoms with Gasteiger partial charge in [-0.1, -0.05) is 23.7 Å². The Kier molecular flexibility index (Phi) is 5.76. The van der Waals surface area contributed by atoms with E-state index >= 15 is 0 Å². The number of nitrogens with one attached hydrogen (secondary N) is 2. The lowest BCUT2D eigenvalue weighted by Gasteiger charge is -2.10. The fraction of sp³-hybridized carbons (Fsp3) is 0.136. The molecule has 0 fully saturated rings. The number of amides is 2. The molecule has 3 aromatic rings. The van der Waals surface area contributed by atoms with Crippen molar-refractivity contribution in [3.8, 4) is 0 Å². The van der Waals surface area contributed by atoms with Crippen LogP contribution in [0.3, 0.4) is 0 Å². The average molecular weight is 394 g/mol. The van der Waals surface area contributed by atoms with Crippen LogP contribution in [0.15, 0.2) is 54.7 Å². The van der Waals surface area contributed by atoms with E-state index in [-0.39, 0.29) is 17.5 Å². The van der Waals surface area contributed by atoms with Crippen LogP contribution < -0.4 is 10.6 Å². The summed E-state index contributed by atoms with van der Waals surface area (Å²) in [7, 11) is 0. The maximum absolute atomic E-state index is 12.6. The van der Waals surface area contributed by atoms with Crippen LogP contribution >= 0.6 is 11.6 Å². The van der Waals surface area contributed by atoms with Gasteiger partial charge >= 0.3 is 0 Å². The third-order valence-corrected chi connectivity index (χ3v) is 4.94. The van der Waals surface area contributed by atoms with E-state index in [9.17, 15) is 9.59 Å². The highest BCUT2D eigenvalue weighted by Crippen LogP contribution is 2.23. The average Bonchev–Trinajstić information content (AvgIpc) is 2.68. The van der Waals surface area contributed by atoms with Crippen molar-refractivity contribution in [2.45, 2.75) is 20.8 Å². The van der Waals surface area contributed by atoms with Gasteiger partial charge in [0.25, 0.3) is 11.8 Å². The van der Waals surface area contributed by atoms with Gasteiger partial charge in [-0.3, -0.25) is 14.6 Å². The zero-order chi connectivity index (χ0) is 20.3. The Hall–Kier alpha value is -3.18. The minimum absolute atomic E-state index is 0.161. The normalized spacial score (nSPS) is 10.4. The lowest BCUT2D eigenvalue weighted by molar-refractivity contribution is 0.102. The summed E-state index contributed by atoms with van der Waals surface area (Å²) in [5.41, 5.74) is 4.80. The molecule has 2 amide bonds. The predicted molar refractivity (Wildman–Crippen MR) is 112 cm³/mol. The third kappa shape index (κ3) is 4.38. The maximum atomic E-state index is 12.6. The number of halogens is 1. The van der Waals surface area contributed by atoms with Crippen molar-refractivity contribution in [1.82, 2.24) is 4.98 Å². The standard InChI is InChI=1S/C22H20ClN3O2/c1-13-7-8-17(11-14(13)2)25-22(28)20-12-16(9-10-24-20)21(27)26-19-6-4-5-18(23)15(19)3/h4-12H,1-3H3,(H,25,28)(H,26,27). The van der Waals surface area contributed by atoms with Crippen LogP contribution in [-0.4, -0.2) is 16.8 Å². The number of carbonyl (C=O) groups is 2. The number of aromatic nitrogens is 1. The first-order valence-electron chi connectivity index (χ1n) is 8.76. The second-order valence-corrected chi connectivity index (χ2v) is 6.96. The molecular weight excluding hydrogens is 374 g/mol. The summed E-state index contributed by atoms with van der Waals surface area (Å²) in [6, 6.07) is 14.0. The molecule has 0 saturated heterocycles. The van der Waals surface area contributed by atoms with Crippen LogP contribution in [0.25, 0.3) is 0 Å². The molecule has 0 atom stereocenters. The van der Waals surface area contributed by atoms with Crippen LogP contribution in [-0.2, 0) is 0 Å². The summed E-state index contributed by atoms with van der Waals surface area (Å²) in [4.78, 5) is 29.2. The molecule has 2 aromatic carbocycles. The number of anilines is 2. The monoisotopic (exact) mass is 393 g/mol. The Morgan fingerprint density at radius 1 is 0.893 bits per heavy atom. The number of rotatable bonds is 4. The third-order valence-electron chi connectivity index (χ3n) is 4.54. The number of aryl methyl sites for hydroxylation is 2. The van der Waals surface area contributed by atoms with Crippen molar-refractivity contribution >= 4 is 34.8 Å². The first kappa shape index (κ1) is 19.6. The highest BCUT2D eigenvalue weighted by molar-refractivity contribution is 6.31. The van der Waals surface area contributed by atoms with E-state index in [2.05, 4.69) is 15.6 Å². The Bertz CT molecular complexity index is 1060. The van der Waals surface area contributed by atoms with Gasteiger partial charge in [0, 0.05) is 28.2 Å². The Labute approximate surface area is 168 Å². The summed E-state index contributed by atoms with van der Waals surface area (Å²) in [5, 5.41) is 6.19. The van der Waals surface area contributed by atoms with Crippen molar-refractivity contribution in [2.75, 3.05) is 10.6 Å². The molecular formula is C22H20ClN3O2. The van der Waals surface area contributed by atoms with Gasteiger partial charge in [0.1, 0.15) is 5.69 Å². The summed E-state index contributed by atoms with van der Waals surface area (Å²) in [5.74, 6) is -0.718. The van der Waals surface area contributed by atoms with Crippen LogP contribution in [0.5, 0.6) is 0 Å². The van der Waals surface area contributed by atoms with Crippen molar-refractivity contribution in [1.29, 1.82) is 0 Å². The quantitative estimate of drug-likeness (QED) is 0.642. The highest BCUT2D eigenvalue weighted by Gasteiger charge is 2.14. The SMILES string of the molecule is Cc1ccc(NC(=O)c2cc(C(=O)Nc3cccc(Cl)c3C)ccn2)cc1C. The summed E-state index contributed by atoms with van der Waals surface area (Å²) in [6.07, 6.45) is 1.44. The zero-order valence-corrected chi connectivity index (χ0v) is 16.6. The number of benzene rings is 2. The van der Waals surface area contributed by atoms with E-state index in [1.54, 1.807) is 24.3 Å². The van der Waals surface area contributed by atoms with Gasteiger partial charge in [-0.25, -0.2) is 0 Å². The summed E-state index contributed by atoms with van der Waals surface area (Å²) >= 11 is 6.09. The Morgan fingerprint density at radius 3 is 2.43 bits per heavy atom. The maximum Gasteiger partial charge on any atom is 0.274 e. The highest BCUT2D eigenvalue weighted by atomic mass is 35.5. The minimum Gasteiger partial charge on any atom is -0.322 e. The van der Waals surface area contributed by atoms with Crippen molar-refractivity contribution < 1.29 is 9.59 Å². The molecule has 2 N–H and O–H groups in total. The van der Waals surface area contributed by atoms with Gasteiger partial charge in [0.2, 0.25) is 0 Å². The Balaban J connectivity index is 1.77. The first-order valence-corrected chi connectivity index (χ1v) is 9.14. The molecule has 0 aliphatic rings. The summed E-state index contributed by atoms with van der Waals surface area (Å²) in [6.45, 7) is 5.81. The van der Waals surface area contributed by atoms with E-state index < -0.39 is 0 Å². The lowest BCUT2D eigenvalue weighted by atomic mass is 10.1. The smallest absolute Gasteiger partial charge is 0.274 e. The van der Waals surface area contributed by atoms with E-state index in [1.807, 2.05) is 39.0 Å². The Morgan fingerprint density at radius 2 is 1.68 bits per heavy atom. The van der Waals surface area contributed by atoms with E-state index in [0.29, 0.717) is 22.0 Å². The molecule has 28 heavy (non-hydrogen) atoms. The molecule has 5 nitrogen and oxygen atoms in total. The zero-order valence-electron chi connectivity index (χ0n) is 15.8. The summed E-state index contributed by atoms with van der Waals surface area (Å²) < 4.78 is 0. The second kappa shape index (κ2) is 8.23.